The van der Waals surface area contributed by atoms with Gasteiger partial charge in [-0.05, 0) is 32.8 Å². The summed E-state index contributed by atoms with van der Waals surface area (Å²) >= 11 is 0. The summed E-state index contributed by atoms with van der Waals surface area (Å²) in [6, 6.07) is 0. The monoisotopic (exact) mass is 793 g/mol. The van der Waals surface area contributed by atoms with Crippen molar-refractivity contribution in [3.63, 3.8) is 0 Å². The first-order valence-electron chi connectivity index (χ1n) is 19.2. The Kier molecular flexibility index (Phi) is 13.0. The largest absolute Gasteiger partial charge is 0.507 e. The van der Waals surface area contributed by atoms with Crippen molar-refractivity contribution >= 4 is 40.3 Å². The van der Waals surface area contributed by atoms with Gasteiger partial charge in [-0.1, -0.05) is 45.9 Å². The Balaban J connectivity index is 1.71. The van der Waals surface area contributed by atoms with Crippen LogP contribution in [0.3, 0.4) is 0 Å². The first kappa shape index (κ1) is 43.0. The average Bonchev–Trinajstić information content (AvgIpc) is 3.79. The number of esters is 1. The van der Waals surface area contributed by atoms with Crippen LogP contribution in [0.15, 0.2) is 41.2 Å². The standard InChI is InChI=1S/C42H55N3O12/c1-20-13-12-14-21(2)41(53)44-32-27(19-43-45-16-10-11-17-45)36(50)29-30(37(32)51)35(49)25(6)39-31(29)40(52)42(8,57-39)55-18-15-28(54-9)22(3)38(56-26(7)46)24(5)34(48)23(4)33(20)47/h12-15,18-20,22-24,28,33-34,38,47-51H,10-11,16-17H2,1-9H3,(H,44,53)/b13-12+,18-15+,21-14-,43-19-/t20-,22-,23-,24-,28+,33+,34-,38-,42+/m1/s1. The van der Waals surface area contributed by atoms with E-state index in [0.717, 1.165) is 12.8 Å². The molecule has 15 heteroatoms. The molecule has 0 aliphatic carbocycles. The Bertz CT molecular complexity index is 2020. The number of carbonyl (C=O) groups excluding carboxylic acids is 3. The number of aliphatic hydroxyl groups excluding tert-OH is 2. The lowest BCUT2D eigenvalue weighted by molar-refractivity contribution is -0.160. The van der Waals surface area contributed by atoms with Crippen LogP contribution in [0.1, 0.15) is 82.8 Å². The fourth-order valence-corrected chi connectivity index (χ4v) is 7.83. The molecule has 4 aliphatic heterocycles. The van der Waals surface area contributed by atoms with Crippen molar-refractivity contribution in [2.75, 3.05) is 25.5 Å². The highest BCUT2D eigenvalue weighted by molar-refractivity contribution is 6.23. The molecule has 4 heterocycles. The Morgan fingerprint density at radius 1 is 0.965 bits per heavy atom. The average molecular weight is 794 g/mol. The molecular weight excluding hydrogens is 738 g/mol. The zero-order chi connectivity index (χ0) is 42.1. The van der Waals surface area contributed by atoms with E-state index < -0.39 is 88.8 Å². The predicted molar refractivity (Wildman–Crippen MR) is 212 cm³/mol. The summed E-state index contributed by atoms with van der Waals surface area (Å²) in [4.78, 5) is 40.3. The van der Waals surface area contributed by atoms with Gasteiger partial charge < -0.3 is 49.8 Å². The minimum Gasteiger partial charge on any atom is -0.507 e. The summed E-state index contributed by atoms with van der Waals surface area (Å²) in [6.45, 7) is 13.8. The molecule has 0 spiro atoms. The summed E-state index contributed by atoms with van der Waals surface area (Å²) < 4.78 is 23.5. The number of methoxy groups -OCH3 is 1. The molecule has 1 saturated heterocycles. The highest BCUT2D eigenvalue weighted by Gasteiger charge is 2.50. The van der Waals surface area contributed by atoms with E-state index in [0.29, 0.717) is 13.1 Å². The van der Waals surface area contributed by atoms with E-state index in [2.05, 4.69) is 10.4 Å². The highest BCUT2D eigenvalue weighted by Crippen LogP contribution is 2.55. The number of carbonyl (C=O) groups is 3. The lowest BCUT2D eigenvalue weighted by atomic mass is 9.78. The molecule has 6 rings (SSSR count). The number of ether oxygens (including phenoxy) is 4. The van der Waals surface area contributed by atoms with Crippen LogP contribution < -0.4 is 10.1 Å². The number of hydrogen-bond acceptors (Lipinski definition) is 14. The van der Waals surface area contributed by atoms with E-state index >= 15 is 0 Å². The molecule has 310 valence electrons. The van der Waals surface area contributed by atoms with Crippen molar-refractivity contribution in [1.82, 2.24) is 5.01 Å². The Hall–Kier alpha value is -5.12. The number of aliphatic hydroxyl groups is 2. The van der Waals surface area contributed by atoms with Crippen LogP contribution in [-0.2, 0) is 23.8 Å². The quantitative estimate of drug-likeness (QED) is 0.102. The maximum absolute atomic E-state index is 14.4. The lowest BCUT2D eigenvalue weighted by Crippen LogP contribution is -2.46. The van der Waals surface area contributed by atoms with Crippen molar-refractivity contribution in [2.24, 2.45) is 28.8 Å². The fourth-order valence-electron chi connectivity index (χ4n) is 7.83. The maximum Gasteiger partial charge on any atom is 0.312 e. The van der Waals surface area contributed by atoms with Gasteiger partial charge in [0.05, 0.1) is 53.0 Å². The molecule has 0 aromatic heterocycles. The van der Waals surface area contributed by atoms with E-state index in [1.165, 1.54) is 59.4 Å². The van der Waals surface area contributed by atoms with E-state index in [-0.39, 0.29) is 44.5 Å². The van der Waals surface area contributed by atoms with Crippen LogP contribution in [0.2, 0.25) is 0 Å². The maximum atomic E-state index is 14.4. The van der Waals surface area contributed by atoms with Gasteiger partial charge in [-0.25, -0.2) is 0 Å². The van der Waals surface area contributed by atoms with E-state index in [1.54, 1.807) is 44.9 Å². The molecule has 9 atom stereocenters. The van der Waals surface area contributed by atoms with Crippen LogP contribution >= 0.6 is 0 Å². The van der Waals surface area contributed by atoms with Gasteiger partial charge >= 0.3 is 11.8 Å². The summed E-state index contributed by atoms with van der Waals surface area (Å²) in [7, 11) is 1.44. The summed E-state index contributed by atoms with van der Waals surface area (Å²) in [5.74, 6) is -8.28. The number of benzene rings is 2. The molecule has 4 aliphatic rings. The molecule has 15 nitrogen and oxygen atoms in total. The third kappa shape index (κ3) is 8.32. The molecule has 6 N–H and O–H groups in total. The Labute approximate surface area is 332 Å². The van der Waals surface area contributed by atoms with Gasteiger partial charge in [-0.3, -0.25) is 19.4 Å². The number of ketones is 1. The molecule has 2 aromatic carbocycles. The zero-order valence-electron chi connectivity index (χ0n) is 33.9. The number of Topliss-reactive ketones (excluding diaryl/α,β-unsaturated/α-hetero) is 1. The molecule has 5 bridgehead atoms. The number of aromatic hydroxyl groups is 3. The third-order valence-corrected chi connectivity index (χ3v) is 11.5. The third-order valence-electron chi connectivity index (χ3n) is 11.5. The minimum atomic E-state index is -2.03. The van der Waals surface area contributed by atoms with Crippen molar-refractivity contribution in [2.45, 2.75) is 98.4 Å². The van der Waals surface area contributed by atoms with Gasteiger partial charge in [0.1, 0.15) is 23.4 Å². The van der Waals surface area contributed by atoms with Crippen molar-refractivity contribution in [3.8, 4) is 23.0 Å². The van der Waals surface area contributed by atoms with E-state index in [4.69, 9.17) is 18.9 Å². The number of phenols is 3. The van der Waals surface area contributed by atoms with Crippen LogP contribution in [0.5, 0.6) is 23.0 Å². The summed E-state index contributed by atoms with van der Waals surface area (Å²) in [5.41, 5.74) is -0.313. The first-order chi connectivity index (χ1) is 26.8. The molecule has 0 unspecified atom stereocenters. The normalized spacial score (nSPS) is 32.2. The molecule has 0 saturated carbocycles. The second kappa shape index (κ2) is 17.2. The number of nitrogens with zero attached hydrogens (tertiary/aromatic N) is 2. The second-order valence-electron chi connectivity index (χ2n) is 15.5. The molecule has 1 amide bonds. The van der Waals surface area contributed by atoms with Gasteiger partial charge in [0.2, 0.25) is 0 Å². The smallest absolute Gasteiger partial charge is 0.312 e. The SMILES string of the molecule is CO[C@H]1/C=C/O[C@@]2(C)Oc3c(C)c(O)c4c(O)c(c(/C=N\N5CCCC5)c(O)c4c3C2=O)NC(=O)/C(C)=C\C=C\[C@@H](C)[C@H](O)[C@@H](C)[C@@H](O)[C@@H](C)[C@H](OC(C)=O)[C@@H]1C. The van der Waals surface area contributed by atoms with Crippen molar-refractivity contribution in [3.05, 3.63) is 52.8 Å². The number of amides is 1. The summed E-state index contributed by atoms with van der Waals surface area (Å²) in [5, 5.41) is 66.5. The van der Waals surface area contributed by atoms with Gasteiger partial charge in [0.25, 0.3) is 11.7 Å². The van der Waals surface area contributed by atoms with Gasteiger partial charge in [0.15, 0.2) is 5.75 Å². The van der Waals surface area contributed by atoms with Crippen LogP contribution in [-0.4, -0.2) is 105 Å². The van der Waals surface area contributed by atoms with Gasteiger partial charge in [-0.15, -0.1) is 0 Å². The minimum absolute atomic E-state index is 0.0602. The van der Waals surface area contributed by atoms with Gasteiger partial charge in [-0.2, -0.15) is 5.10 Å². The molecule has 2 aromatic rings. The number of rotatable bonds is 4. The predicted octanol–water partition coefficient (Wildman–Crippen LogP) is 5.18. The van der Waals surface area contributed by atoms with Crippen LogP contribution in [0.25, 0.3) is 10.8 Å². The molecular formula is C42H55N3O12. The fraction of sp³-hybridized carbons (Fsp3) is 0.524. The molecule has 1 fully saturated rings. The first-order valence-corrected chi connectivity index (χ1v) is 19.2. The highest BCUT2D eigenvalue weighted by atomic mass is 16.7. The van der Waals surface area contributed by atoms with Gasteiger partial charge in [0, 0.05) is 74.2 Å². The topological polar surface area (TPSA) is 217 Å². The molecule has 0 radical (unpaired) electrons. The van der Waals surface area contributed by atoms with E-state index in [9.17, 15) is 39.9 Å². The second-order valence-corrected chi connectivity index (χ2v) is 15.5. The Morgan fingerprint density at radius 2 is 1.63 bits per heavy atom. The Morgan fingerprint density at radius 3 is 2.26 bits per heavy atom. The summed E-state index contributed by atoms with van der Waals surface area (Å²) in [6.07, 6.45) is 6.68. The van der Waals surface area contributed by atoms with Crippen LogP contribution in [0.4, 0.5) is 5.69 Å². The van der Waals surface area contributed by atoms with Crippen molar-refractivity contribution < 1.29 is 58.9 Å². The number of nitrogens with one attached hydrogen (secondary N) is 1. The number of allylic oxidation sites excluding steroid dienone is 2. The van der Waals surface area contributed by atoms with Crippen molar-refractivity contribution in [1.29, 1.82) is 0 Å². The number of fused-ring (bicyclic) bond motifs is 14. The zero-order valence-corrected chi connectivity index (χ0v) is 33.9. The van der Waals surface area contributed by atoms with E-state index in [1.807, 2.05) is 0 Å². The number of phenolic OH excluding ortho intramolecular Hbond substituents is 3. The van der Waals surface area contributed by atoms with Crippen LogP contribution in [0, 0.1) is 30.6 Å². The number of anilines is 1. The number of hydrazone groups is 1. The molecule has 57 heavy (non-hydrogen) atoms. The lowest BCUT2D eigenvalue weighted by Gasteiger charge is -2.38. The number of hydrogen-bond donors (Lipinski definition) is 6.